The summed E-state index contributed by atoms with van der Waals surface area (Å²) >= 11 is 0. The zero-order valence-corrected chi connectivity index (χ0v) is 19.9. The second kappa shape index (κ2) is 8.59. The van der Waals surface area contributed by atoms with Crippen LogP contribution in [-0.4, -0.2) is 36.3 Å². The lowest BCUT2D eigenvalue weighted by molar-refractivity contribution is -0.118. The lowest BCUT2D eigenvalue weighted by Crippen LogP contribution is -2.35. The van der Waals surface area contributed by atoms with Crippen LogP contribution in [0.1, 0.15) is 48.9 Å². The largest absolute Gasteiger partial charge is 0.335 e. The highest BCUT2D eigenvalue weighted by molar-refractivity contribution is 7.89. The third-order valence-electron chi connectivity index (χ3n) is 6.86. The number of nitrogens with one attached hydrogen (secondary N) is 2. The molecule has 0 aliphatic carbocycles. The van der Waals surface area contributed by atoms with Crippen LogP contribution in [-0.2, 0) is 27.9 Å². The monoisotopic (exact) mass is 466 g/mol. The number of benzene rings is 2. The van der Waals surface area contributed by atoms with Crippen LogP contribution in [0.2, 0.25) is 0 Å². The number of amides is 1. The number of piperidine rings is 1. The summed E-state index contributed by atoms with van der Waals surface area (Å²) < 4.78 is 29.8. The van der Waals surface area contributed by atoms with Crippen molar-refractivity contribution < 1.29 is 13.2 Å². The number of rotatable bonds is 5. The molecule has 1 amide bonds. The summed E-state index contributed by atoms with van der Waals surface area (Å²) in [6, 6.07) is 10.8. The molecule has 1 aromatic heterocycles. The Morgan fingerprint density at radius 1 is 1.03 bits per heavy atom. The van der Waals surface area contributed by atoms with Gasteiger partial charge in [0.25, 0.3) is 0 Å². The van der Waals surface area contributed by atoms with Crippen LogP contribution in [0, 0.1) is 6.92 Å². The third kappa shape index (κ3) is 4.07. The van der Waals surface area contributed by atoms with Crippen LogP contribution in [0.5, 0.6) is 0 Å². The van der Waals surface area contributed by atoms with E-state index >= 15 is 0 Å². The molecule has 5 rings (SSSR count). The topological polar surface area (TPSA) is 83.4 Å². The van der Waals surface area contributed by atoms with E-state index in [0.29, 0.717) is 18.0 Å². The summed E-state index contributed by atoms with van der Waals surface area (Å²) in [6.45, 7) is 6.66. The number of carbonyl (C=O) groups excluding carboxylic acids is 1. The smallest absolute Gasteiger partial charge is 0.247 e. The lowest BCUT2D eigenvalue weighted by Gasteiger charge is -2.26. The number of carbonyl (C=O) groups is 1. The van der Waals surface area contributed by atoms with Gasteiger partial charge in [0, 0.05) is 49.0 Å². The summed E-state index contributed by atoms with van der Waals surface area (Å²) in [5.74, 6) is -0.108. The van der Waals surface area contributed by atoms with Crippen molar-refractivity contribution in [3.05, 3.63) is 59.3 Å². The maximum Gasteiger partial charge on any atom is 0.247 e. The average molecular weight is 467 g/mol. The number of aryl methyl sites for hydroxylation is 1. The molecule has 3 heterocycles. The van der Waals surface area contributed by atoms with Crippen molar-refractivity contribution in [3.8, 4) is 0 Å². The molecule has 0 bridgehead atoms. The fourth-order valence-electron chi connectivity index (χ4n) is 4.88. The summed E-state index contributed by atoms with van der Waals surface area (Å²) in [5, 5.41) is 7.20. The molecular formula is C25H30N4O3S. The van der Waals surface area contributed by atoms with Crippen molar-refractivity contribution in [1.29, 1.82) is 0 Å². The normalized spacial score (nSPS) is 17.8. The van der Waals surface area contributed by atoms with E-state index in [4.69, 9.17) is 0 Å². The van der Waals surface area contributed by atoms with E-state index in [-0.39, 0.29) is 5.91 Å². The standard InChI is InChI=1S/C25H30N4O3S/c1-17-16-29(18(2)25(30)27-21-7-6-19-14-26-15-20(19)12-21)24-9-8-22(13-23(17)24)33(31,32)28-10-4-3-5-11-28/h6-9,12-13,16,18,26H,3-5,10-11,14-15H2,1-2H3,(H,27,30). The molecule has 0 radical (unpaired) electrons. The van der Waals surface area contributed by atoms with E-state index in [1.807, 2.05) is 42.8 Å². The third-order valence-corrected chi connectivity index (χ3v) is 8.75. The van der Waals surface area contributed by atoms with Gasteiger partial charge in [-0.3, -0.25) is 4.79 Å². The van der Waals surface area contributed by atoms with E-state index in [1.54, 1.807) is 16.4 Å². The molecule has 0 spiro atoms. The SMILES string of the molecule is Cc1cn(C(C)C(=O)Nc2ccc3c(c2)CNC3)c2ccc(S(=O)(=O)N3CCCCC3)cc12. The molecule has 1 unspecified atom stereocenters. The molecule has 1 saturated heterocycles. The van der Waals surface area contributed by atoms with Gasteiger partial charge in [0.2, 0.25) is 15.9 Å². The Bertz CT molecular complexity index is 1320. The molecule has 0 saturated carbocycles. The number of anilines is 1. The minimum absolute atomic E-state index is 0.108. The van der Waals surface area contributed by atoms with Crippen molar-refractivity contribution >= 4 is 32.5 Å². The van der Waals surface area contributed by atoms with E-state index < -0.39 is 16.1 Å². The molecule has 33 heavy (non-hydrogen) atoms. The second-order valence-electron chi connectivity index (χ2n) is 9.12. The van der Waals surface area contributed by atoms with Crippen molar-refractivity contribution in [1.82, 2.24) is 14.2 Å². The highest BCUT2D eigenvalue weighted by Gasteiger charge is 2.27. The van der Waals surface area contributed by atoms with E-state index in [0.717, 1.165) is 54.5 Å². The number of nitrogens with zero attached hydrogens (tertiary/aromatic N) is 2. The molecular weight excluding hydrogens is 436 g/mol. The Hall–Kier alpha value is -2.68. The zero-order chi connectivity index (χ0) is 23.2. The quantitative estimate of drug-likeness (QED) is 0.597. The van der Waals surface area contributed by atoms with Gasteiger partial charge in [-0.05, 0) is 73.7 Å². The Balaban J connectivity index is 1.41. The summed E-state index contributed by atoms with van der Waals surface area (Å²) in [7, 11) is -3.50. The van der Waals surface area contributed by atoms with Gasteiger partial charge >= 0.3 is 0 Å². The van der Waals surface area contributed by atoms with Gasteiger partial charge < -0.3 is 15.2 Å². The number of fused-ring (bicyclic) bond motifs is 2. The van der Waals surface area contributed by atoms with Gasteiger partial charge in [-0.2, -0.15) is 4.31 Å². The summed E-state index contributed by atoms with van der Waals surface area (Å²) in [6.07, 6.45) is 4.82. The Morgan fingerprint density at radius 3 is 2.58 bits per heavy atom. The van der Waals surface area contributed by atoms with Gasteiger partial charge in [-0.15, -0.1) is 0 Å². The van der Waals surface area contributed by atoms with E-state index in [2.05, 4.69) is 16.7 Å². The first-order valence-electron chi connectivity index (χ1n) is 11.6. The molecule has 1 atom stereocenters. The van der Waals surface area contributed by atoms with Crippen LogP contribution in [0.4, 0.5) is 5.69 Å². The lowest BCUT2D eigenvalue weighted by atomic mass is 10.1. The van der Waals surface area contributed by atoms with Crippen molar-refractivity contribution in [2.24, 2.45) is 0 Å². The maximum atomic E-state index is 13.1. The molecule has 2 aromatic carbocycles. The number of sulfonamides is 1. The second-order valence-corrected chi connectivity index (χ2v) is 11.1. The van der Waals surface area contributed by atoms with E-state index in [9.17, 15) is 13.2 Å². The van der Waals surface area contributed by atoms with Crippen LogP contribution < -0.4 is 10.6 Å². The Labute approximate surface area is 194 Å². The predicted octanol–water partition coefficient (Wildman–Crippen LogP) is 3.93. The van der Waals surface area contributed by atoms with Gasteiger partial charge in [-0.25, -0.2) is 8.42 Å². The molecule has 2 aliphatic heterocycles. The summed E-state index contributed by atoms with van der Waals surface area (Å²) in [5.41, 5.74) is 5.07. The van der Waals surface area contributed by atoms with Crippen LogP contribution >= 0.6 is 0 Å². The molecule has 8 heteroatoms. The first-order chi connectivity index (χ1) is 15.8. The molecule has 3 aromatic rings. The van der Waals surface area contributed by atoms with Gasteiger partial charge in [-0.1, -0.05) is 12.5 Å². The first-order valence-corrected chi connectivity index (χ1v) is 13.0. The number of aromatic nitrogens is 1. The number of hydrogen-bond donors (Lipinski definition) is 2. The fourth-order valence-corrected chi connectivity index (χ4v) is 6.43. The average Bonchev–Trinajstić information content (AvgIpc) is 3.43. The number of hydrogen-bond acceptors (Lipinski definition) is 4. The highest BCUT2D eigenvalue weighted by Crippen LogP contribution is 2.30. The molecule has 2 aliphatic rings. The molecule has 7 nitrogen and oxygen atoms in total. The minimum Gasteiger partial charge on any atom is -0.335 e. The summed E-state index contributed by atoms with van der Waals surface area (Å²) in [4.78, 5) is 13.4. The van der Waals surface area contributed by atoms with Crippen molar-refractivity contribution in [3.63, 3.8) is 0 Å². The Kier molecular flexibility index (Phi) is 5.76. The fraction of sp³-hybridized carbons (Fsp3) is 0.400. The Morgan fingerprint density at radius 2 is 1.79 bits per heavy atom. The molecule has 1 fully saturated rings. The van der Waals surface area contributed by atoms with Crippen molar-refractivity contribution in [2.75, 3.05) is 18.4 Å². The van der Waals surface area contributed by atoms with Crippen LogP contribution in [0.25, 0.3) is 10.9 Å². The van der Waals surface area contributed by atoms with Gasteiger partial charge in [0.05, 0.1) is 4.90 Å². The van der Waals surface area contributed by atoms with Gasteiger partial charge in [0.15, 0.2) is 0 Å². The zero-order valence-electron chi connectivity index (χ0n) is 19.1. The van der Waals surface area contributed by atoms with Crippen LogP contribution in [0.15, 0.2) is 47.5 Å². The maximum absolute atomic E-state index is 13.1. The van der Waals surface area contributed by atoms with Crippen LogP contribution in [0.3, 0.4) is 0 Å². The minimum atomic E-state index is -3.50. The van der Waals surface area contributed by atoms with Gasteiger partial charge in [0.1, 0.15) is 6.04 Å². The van der Waals surface area contributed by atoms with E-state index in [1.165, 1.54) is 11.1 Å². The molecule has 174 valence electrons. The highest BCUT2D eigenvalue weighted by atomic mass is 32.2. The molecule has 2 N–H and O–H groups in total. The predicted molar refractivity (Wildman–Crippen MR) is 130 cm³/mol. The van der Waals surface area contributed by atoms with Crippen molar-refractivity contribution in [2.45, 2.75) is 57.1 Å². The first kappa shape index (κ1) is 22.1.